The molecule has 1 nitrogen and oxygen atoms in total. The van der Waals surface area contributed by atoms with E-state index in [1.165, 1.54) is 66.8 Å². The largest absolute Gasteiger partial charge is 0.396 e. The van der Waals surface area contributed by atoms with E-state index in [1.807, 2.05) is 0 Å². The van der Waals surface area contributed by atoms with Crippen molar-refractivity contribution in [2.45, 2.75) is 77.6 Å². The lowest BCUT2D eigenvalue weighted by molar-refractivity contribution is 0.282. The fourth-order valence-corrected chi connectivity index (χ4v) is 7.43. The Morgan fingerprint density at radius 3 is 0.860 bits per heavy atom. The first-order chi connectivity index (χ1) is 24.6. The molecule has 1 N–H and O–H groups in total. The maximum atomic E-state index is 9.51. The van der Waals surface area contributed by atoms with E-state index in [2.05, 4.69) is 166 Å². The zero-order valence-electron chi connectivity index (χ0n) is 30.2. The Morgan fingerprint density at radius 1 is 0.340 bits per heavy atom. The molecule has 0 spiro atoms. The Balaban J connectivity index is 1.45. The van der Waals surface area contributed by atoms with E-state index >= 15 is 0 Å². The average Bonchev–Trinajstić information content (AvgIpc) is 3.20. The third-order valence-corrected chi connectivity index (χ3v) is 10.7. The van der Waals surface area contributed by atoms with E-state index in [9.17, 15) is 5.11 Å². The van der Waals surface area contributed by atoms with Crippen LogP contribution in [0.1, 0.15) is 86.3 Å². The summed E-state index contributed by atoms with van der Waals surface area (Å²) in [6.45, 7) is 6.87. The molecule has 0 heterocycles. The van der Waals surface area contributed by atoms with Gasteiger partial charge in [0.1, 0.15) is 0 Å². The smallest absolute Gasteiger partial charge is 0.0451 e. The van der Waals surface area contributed by atoms with Crippen LogP contribution in [0.4, 0.5) is 0 Å². The van der Waals surface area contributed by atoms with Crippen LogP contribution in [-0.4, -0.2) is 11.7 Å². The molecule has 1 heteroatoms. The molecule has 0 aromatic heterocycles. The maximum Gasteiger partial charge on any atom is 0.0451 e. The van der Waals surface area contributed by atoms with E-state index in [0.29, 0.717) is 0 Å². The quantitative estimate of drug-likeness (QED) is 0.0861. The summed E-state index contributed by atoms with van der Waals surface area (Å²) in [5, 5.41) is 9.51. The number of aryl methyl sites for hydroxylation is 3. The van der Waals surface area contributed by atoms with Crippen molar-refractivity contribution in [2.24, 2.45) is 0 Å². The van der Waals surface area contributed by atoms with Crippen molar-refractivity contribution in [2.75, 3.05) is 6.61 Å². The van der Waals surface area contributed by atoms with E-state index in [1.54, 1.807) is 0 Å². The Kier molecular flexibility index (Phi) is 11.8. The summed E-state index contributed by atoms with van der Waals surface area (Å²) in [7, 11) is 0. The fraction of sp³-hybridized carbons (Fsp3) is 0.265. The number of benzene rings is 6. The molecule has 0 unspecified atom stereocenters. The molecule has 0 saturated carbocycles. The molecule has 0 fully saturated rings. The van der Waals surface area contributed by atoms with Crippen LogP contribution in [0.15, 0.2) is 146 Å². The Morgan fingerprint density at radius 2 is 0.600 bits per heavy atom. The predicted molar refractivity (Wildman–Crippen MR) is 214 cm³/mol. The summed E-state index contributed by atoms with van der Waals surface area (Å²) in [5.74, 6) is 0. The van der Waals surface area contributed by atoms with Crippen molar-refractivity contribution in [3.63, 3.8) is 0 Å². The van der Waals surface area contributed by atoms with Crippen LogP contribution in [0.3, 0.4) is 0 Å². The zero-order chi connectivity index (χ0) is 34.8. The van der Waals surface area contributed by atoms with Crippen LogP contribution in [-0.2, 0) is 24.7 Å². The molecular weight excluding hydrogens is 605 g/mol. The molecule has 0 aliphatic carbocycles. The van der Waals surface area contributed by atoms with Crippen molar-refractivity contribution >= 4 is 0 Å². The van der Waals surface area contributed by atoms with Crippen LogP contribution in [0.2, 0.25) is 0 Å². The Bertz CT molecular complexity index is 1680. The highest BCUT2D eigenvalue weighted by atomic mass is 16.2. The van der Waals surface area contributed by atoms with Gasteiger partial charge in [-0.1, -0.05) is 186 Å². The van der Waals surface area contributed by atoms with Crippen LogP contribution in [0, 0.1) is 0 Å². The third-order valence-electron chi connectivity index (χ3n) is 10.7. The second kappa shape index (κ2) is 16.8. The van der Waals surface area contributed by atoms with Gasteiger partial charge in [-0.3, -0.25) is 0 Å². The number of aliphatic hydroxyl groups is 1. The first kappa shape index (κ1) is 35.1. The van der Waals surface area contributed by atoms with Crippen LogP contribution in [0.5, 0.6) is 0 Å². The minimum atomic E-state index is -0.334. The second-order valence-corrected chi connectivity index (χ2v) is 13.7. The summed E-state index contributed by atoms with van der Waals surface area (Å²) in [6.07, 6.45) is 8.18. The SMILES string of the molecule is CCc1ccc(-c2ccc(C(CCCCCCO)(c3ccc(-c4ccc(CC)cc4)cc3)c3ccc(-c4ccc(CC)cc4)cc3)cc2)cc1. The van der Waals surface area contributed by atoms with Gasteiger partial charge in [0.05, 0.1) is 0 Å². The molecule has 0 atom stereocenters. The zero-order valence-corrected chi connectivity index (χ0v) is 30.2. The van der Waals surface area contributed by atoms with E-state index in [-0.39, 0.29) is 12.0 Å². The minimum Gasteiger partial charge on any atom is -0.396 e. The topological polar surface area (TPSA) is 20.2 Å². The molecule has 0 saturated heterocycles. The van der Waals surface area contributed by atoms with Crippen molar-refractivity contribution in [1.82, 2.24) is 0 Å². The molecule has 0 bridgehead atoms. The monoisotopic (exact) mass is 656 g/mol. The van der Waals surface area contributed by atoms with E-state index in [0.717, 1.165) is 51.4 Å². The van der Waals surface area contributed by atoms with Crippen molar-refractivity contribution in [1.29, 1.82) is 0 Å². The standard InChI is InChI=1S/C49H52O/c1-4-37-11-17-40(18-12-37)43-23-29-46(30-24-43)49(35-9-7-8-10-36-50,47-31-25-44(26-32-47)41-19-13-38(5-2)14-20-41)48-33-27-45(28-34-48)42-21-15-39(6-3)16-22-42/h11-34,50H,4-10,35-36H2,1-3H3. The average molecular weight is 657 g/mol. The minimum absolute atomic E-state index is 0.257. The van der Waals surface area contributed by atoms with E-state index < -0.39 is 0 Å². The Hall–Kier alpha value is -4.72. The highest BCUT2D eigenvalue weighted by Gasteiger charge is 2.36. The highest BCUT2D eigenvalue weighted by Crippen LogP contribution is 2.45. The van der Waals surface area contributed by atoms with Crippen molar-refractivity contribution < 1.29 is 5.11 Å². The number of hydrogen-bond donors (Lipinski definition) is 1. The number of hydrogen-bond acceptors (Lipinski definition) is 1. The highest BCUT2D eigenvalue weighted by molar-refractivity contribution is 5.69. The van der Waals surface area contributed by atoms with Crippen molar-refractivity contribution in [3.05, 3.63) is 179 Å². The predicted octanol–water partition coefficient (Wildman–Crippen LogP) is 12.7. The number of rotatable bonds is 15. The molecular formula is C49H52O. The molecule has 254 valence electrons. The molecule has 0 aliphatic rings. The number of aliphatic hydroxyl groups excluding tert-OH is 1. The summed E-state index contributed by atoms with van der Waals surface area (Å²) in [6, 6.07) is 55.0. The second-order valence-electron chi connectivity index (χ2n) is 13.7. The molecule has 50 heavy (non-hydrogen) atoms. The van der Waals surface area contributed by atoms with Gasteiger partial charge < -0.3 is 5.11 Å². The van der Waals surface area contributed by atoms with Crippen LogP contribution < -0.4 is 0 Å². The van der Waals surface area contributed by atoms with Gasteiger partial charge in [-0.2, -0.15) is 0 Å². The van der Waals surface area contributed by atoms with Gasteiger partial charge in [-0.25, -0.2) is 0 Å². The van der Waals surface area contributed by atoms with Crippen LogP contribution in [0.25, 0.3) is 33.4 Å². The first-order valence-electron chi connectivity index (χ1n) is 18.8. The lowest BCUT2D eigenvalue weighted by Gasteiger charge is -2.37. The van der Waals surface area contributed by atoms with E-state index in [4.69, 9.17) is 0 Å². The lowest BCUT2D eigenvalue weighted by Crippen LogP contribution is -2.29. The maximum absolute atomic E-state index is 9.51. The lowest BCUT2D eigenvalue weighted by atomic mass is 9.66. The molecule has 6 aromatic carbocycles. The summed E-state index contributed by atoms with van der Waals surface area (Å²) < 4.78 is 0. The summed E-state index contributed by atoms with van der Waals surface area (Å²) >= 11 is 0. The summed E-state index contributed by atoms with van der Waals surface area (Å²) in [4.78, 5) is 0. The molecule has 0 aliphatic heterocycles. The molecule has 6 rings (SSSR count). The van der Waals surface area contributed by atoms with Gasteiger partial charge in [0.25, 0.3) is 0 Å². The molecule has 0 amide bonds. The van der Waals surface area contributed by atoms with Gasteiger partial charge in [0, 0.05) is 12.0 Å². The van der Waals surface area contributed by atoms with Gasteiger partial charge in [0.2, 0.25) is 0 Å². The third kappa shape index (κ3) is 7.85. The van der Waals surface area contributed by atoms with Gasteiger partial charge in [-0.15, -0.1) is 0 Å². The van der Waals surface area contributed by atoms with Gasteiger partial charge in [-0.05, 0) is 98.9 Å². The normalized spacial score (nSPS) is 11.5. The van der Waals surface area contributed by atoms with Crippen LogP contribution >= 0.6 is 0 Å². The number of unbranched alkanes of at least 4 members (excludes halogenated alkanes) is 3. The first-order valence-corrected chi connectivity index (χ1v) is 18.8. The van der Waals surface area contributed by atoms with Gasteiger partial charge in [0.15, 0.2) is 0 Å². The Labute approximate surface area is 300 Å². The molecule has 0 radical (unpaired) electrons. The fourth-order valence-electron chi connectivity index (χ4n) is 7.43. The summed E-state index contributed by atoms with van der Waals surface area (Å²) in [5.41, 5.74) is 15.2. The van der Waals surface area contributed by atoms with Gasteiger partial charge >= 0.3 is 0 Å². The van der Waals surface area contributed by atoms with Crippen molar-refractivity contribution in [3.8, 4) is 33.4 Å². The molecule has 6 aromatic rings.